The number of aryl methyl sites for hydroxylation is 1. The molecule has 1 aliphatic rings. The molecule has 1 atom stereocenters. The number of hydrogen-bond donors (Lipinski definition) is 1. The molecule has 134 valence electrons. The van der Waals surface area contributed by atoms with Gasteiger partial charge in [-0.3, -0.25) is 0 Å². The molecule has 3 heterocycles. The Morgan fingerprint density at radius 3 is 2.69 bits per heavy atom. The van der Waals surface area contributed by atoms with Gasteiger partial charge in [-0.15, -0.1) is 10.2 Å². The van der Waals surface area contributed by atoms with Gasteiger partial charge in [0.25, 0.3) is 0 Å². The molecule has 2 aromatic heterocycles. The lowest BCUT2D eigenvalue weighted by Crippen LogP contribution is -2.17. The highest BCUT2D eigenvalue weighted by Gasteiger charge is 2.24. The van der Waals surface area contributed by atoms with Crippen LogP contribution in [0.1, 0.15) is 11.6 Å². The predicted molar refractivity (Wildman–Crippen MR) is 102 cm³/mol. The molecular formula is C19H23N7. The molecule has 0 radical (unpaired) electrons. The first-order chi connectivity index (χ1) is 12.6. The van der Waals surface area contributed by atoms with Crippen molar-refractivity contribution in [2.45, 2.75) is 19.9 Å². The van der Waals surface area contributed by atoms with E-state index in [-0.39, 0.29) is 0 Å². The number of aromatic nitrogens is 5. The van der Waals surface area contributed by atoms with Gasteiger partial charge in [0.2, 0.25) is 5.95 Å². The molecule has 7 nitrogen and oxygen atoms in total. The first-order valence-electron chi connectivity index (χ1n) is 8.83. The van der Waals surface area contributed by atoms with Crippen LogP contribution in [0.25, 0.3) is 11.3 Å². The van der Waals surface area contributed by atoms with Crippen LogP contribution < -0.4 is 10.2 Å². The Hall–Kier alpha value is -2.96. The Kier molecular flexibility index (Phi) is 4.28. The maximum atomic E-state index is 4.66. The third kappa shape index (κ3) is 3.24. The van der Waals surface area contributed by atoms with E-state index < -0.39 is 0 Å². The van der Waals surface area contributed by atoms with Crippen LogP contribution in [0.5, 0.6) is 0 Å². The normalized spacial score (nSPS) is 15.7. The molecule has 4 rings (SSSR count). The van der Waals surface area contributed by atoms with Gasteiger partial charge in [0.1, 0.15) is 11.6 Å². The smallest absolute Gasteiger partial charge is 0.223 e. The Bertz CT molecular complexity index is 899. The second-order valence-corrected chi connectivity index (χ2v) is 6.93. The molecule has 0 aliphatic carbocycles. The SMILES string of the molecule is Cc1nnc2n1CC(CNc1nccc(-c3ccc(N(C)C)cc3)n1)C2. The van der Waals surface area contributed by atoms with Crippen LogP contribution in [0, 0.1) is 12.8 Å². The topological polar surface area (TPSA) is 71.8 Å². The molecule has 0 saturated carbocycles. The number of rotatable bonds is 5. The minimum absolute atomic E-state index is 0.492. The van der Waals surface area contributed by atoms with E-state index in [0.717, 1.165) is 42.4 Å². The molecule has 0 spiro atoms. The zero-order valence-corrected chi connectivity index (χ0v) is 15.3. The Morgan fingerprint density at radius 2 is 1.96 bits per heavy atom. The van der Waals surface area contributed by atoms with Gasteiger partial charge in [-0.05, 0) is 25.1 Å². The summed E-state index contributed by atoms with van der Waals surface area (Å²) >= 11 is 0. The van der Waals surface area contributed by atoms with Gasteiger partial charge < -0.3 is 14.8 Å². The molecule has 0 fully saturated rings. The number of nitrogens with one attached hydrogen (secondary N) is 1. The fourth-order valence-corrected chi connectivity index (χ4v) is 3.30. The molecule has 0 bridgehead atoms. The number of benzene rings is 1. The van der Waals surface area contributed by atoms with Crippen molar-refractivity contribution in [2.24, 2.45) is 5.92 Å². The summed E-state index contributed by atoms with van der Waals surface area (Å²) in [6.07, 6.45) is 2.75. The van der Waals surface area contributed by atoms with Crippen molar-refractivity contribution in [1.29, 1.82) is 0 Å². The third-order valence-electron chi connectivity index (χ3n) is 4.81. The molecule has 0 saturated heterocycles. The number of anilines is 2. The van der Waals surface area contributed by atoms with Gasteiger partial charge in [-0.2, -0.15) is 0 Å². The van der Waals surface area contributed by atoms with E-state index in [1.165, 1.54) is 5.69 Å². The van der Waals surface area contributed by atoms with Gasteiger partial charge in [-0.1, -0.05) is 12.1 Å². The van der Waals surface area contributed by atoms with Gasteiger partial charge in [-0.25, -0.2) is 9.97 Å². The fourth-order valence-electron chi connectivity index (χ4n) is 3.30. The lowest BCUT2D eigenvalue weighted by Gasteiger charge is -2.13. The van der Waals surface area contributed by atoms with Crippen molar-refractivity contribution in [2.75, 3.05) is 30.9 Å². The van der Waals surface area contributed by atoms with Crippen LogP contribution >= 0.6 is 0 Å². The number of nitrogens with zero attached hydrogens (tertiary/aromatic N) is 6. The Labute approximate surface area is 153 Å². The summed E-state index contributed by atoms with van der Waals surface area (Å²) in [6.45, 7) is 3.78. The summed E-state index contributed by atoms with van der Waals surface area (Å²) in [7, 11) is 4.07. The molecule has 1 aromatic carbocycles. The van der Waals surface area contributed by atoms with Crippen LogP contribution in [0.2, 0.25) is 0 Å². The van der Waals surface area contributed by atoms with E-state index in [0.29, 0.717) is 11.9 Å². The van der Waals surface area contributed by atoms with Crippen LogP contribution in [0.3, 0.4) is 0 Å². The molecule has 3 aromatic rings. The summed E-state index contributed by atoms with van der Waals surface area (Å²) in [6, 6.07) is 10.3. The van der Waals surface area contributed by atoms with Gasteiger partial charge in [0, 0.05) is 57.0 Å². The summed E-state index contributed by atoms with van der Waals surface area (Å²) in [5.74, 6) is 3.22. The van der Waals surface area contributed by atoms with Crippen LogP contribution in [-0.4, -0.2) is 45.4 Å². The highest BCUT2D eigenvalue weighted by Crippen LogP contribution is 2.23. The molecule has 1 N–H and O–H groups in total. The summed E-state index contributed by atoms with van der Waals surface area (Å²) in [4.78, 5) is 11.1. The predicted octanol–water partition coefficient (Wildman–Crippen LogP) is 2.39. The first kappa shape index (κ1) is 16.5. The largest absolute Gasteiger partial charge is 0.378 e. The van der Waals surface area contributed by atoms with Gasteiger partial charge >= 0.3 is 0 Å². The highest BCUT2D eigenvalue weighted by atomic mass is 15.3. The third-order valence-corrected chi connectivity index (χ3v) is 4.81. The van der Waals surface area contributed by atoms with Crippen molar-refractivity contribution >= 4 is 11.6 Å². The summed E-state index contributed by atoms with van der Waals surface area (Å²) < 4.78 is 2.19. The second-order valence-electron chi connectivity index (χ2n) is 6.93. The van der Waals surface area contributed by atoms with E-state index in [1.807, 2.05) is 27.1 Å². The zero-order valence-electron chi connectivity index (χ0n) is 15.3. The minimum atomic E-state index is 0.492. The lowest BCUT2D eigenvalue weighted by molar-refractivity contribution is 0.526. The van der Waals surface area contributed by atoms with Crippen LogP contribution in [0.15, 0.2) is 36.5 Å². The lowest BCUT2D eigenvalue weighted by atomic mass is 10.1. The summed E-state index contributed by atoms with van der Waals surface area (Å²) in [5, 5.41) is 11.7. The Balaban J connectivity index is 1.42. The van der Waals surface area contributed by atoms with Crippen molar-refractivity contribution in [3.63, 3.8) is 0 Å². The highest BCUT2D eigenvalue weighted by molar-refractivity contribution is 5.63. The van der Waals surface area contributed by atoms with E-state index in [4.69, 9.17) is 0 Å². The maximum absolute atomic E-state index is 4.66. The van der Waals surface area contributed by atoms with E-state index in [1.54, 1.807) is 6.20 Å². The van der Waals surface area contributed by atoms with E-state index >= 15 is 0 Å². The Morgan fingerprint density at radius 1 is 1.15 bits per heavy atom. The van der Waals surface area contributed by atoms with Crippen molar-refractivity contribution in [3.05, 3.63) is 48.2 Å². The molecule has 1 aliphatic heterocycles. The van der Waals surface area contributed by atoms with Crippen molar-refractivity contribution < 1.29 is 0 Å². The second kappa shape index (κ2) is 6.74. The number of hydrogen-bond acceptors (Lipinski definition) is 6. The number of fused-ring (bicyclic) bond motifs is 1. The molecular weight excluding hydrogens is 326 g/mol. The van der Waals surface area contributed by atoms with Gasteiger partial charge in [0.05, 0.1) is 5.69 Å². The zero-order chi connectivity index (χ0) is 18.1. The van der Waals surface area contributed by atoms with Crippen LogP contribution in [-0.2, 0) is 13.0 Å². The fraction of sp³-hybridized carbons (Fsp3) is 0.368. The summed E-state index contributed by atoms with van der Waals surface area (Å²) in [5.41, 5.74) is 3.18. The van der Waals surface area contributed by atoms with Crippen molar-refractivity contribution in [3.8, 4) is 11.3 Å². The molecule has 0 amide bonds. The quantitative estimate of drug-likeness (QED) is 0.763. The van der Waals surface area contributed by atoms with E-state index in [9.17, 15) is 0 Å². The average Bonchev–Trinajstić information content (AvgIpc) is 3.22. The van der Waals surface area contributed by atoms with Crippen LogP contribution in [0.4, 0.5) is 11.6 Å². The molecule has 1 unspecified atom stereocenters. The maximum Gasteiger partial charge on any atom is 0.223 e. The molecule has 7 heteroatoms. The standard InChI is InChI=1S/C19H23N7/c1-13-23-24-18-10-14(12-26(13)18)11-21-19-20-9-8-17(22-19)15-4-6-16(7-5-15)25(2)3/h4-9,14H,10-12H2,1-3H3,(H,20,21,22). The minimum Gasteiger partial charge on any atom is -0.378 e. The monoisotopic (exact) mass is 349 g/mol. The van der Waals surface area contributed by atoms with Crippen molar-refractivity contribution in [1.82, 2.24) is 24.7 Å². The first-order valence-corrected chi connectivity index (χ1v) is 8.83. The molecule has 26 heavy (non-hydrogen) atoms. The van der Waals surface area contributed by atoms with E-state index in [2.05, 4.69) is 59.2 Å². The van der Waals surface area contributed by atoms with Gasteiger partial charge in [0.15, 0.2) is 0 Å². The average molecular weight is 349 g/mol.